The third kappa shape index (κ3) is 2.97. The number of nitro groups is 1. The first kappa shape index (κ1) is 14.0. The second kappa shape index (κ2) is 5.73. The fourth-order valence-corrected chi connectivity index (χ4v) is 2.41. The molecule has 0 aliphatic carbocycles. The predicted molar refractivity (Wildman–Crippen MR) is 71.9 cm³/mol. The van der Waals surface area contributed by atoms with Crippen molar-refractivity contribution in [2.75, 3.05) is 31.2 Å². The van der Waals surface area contributed by atoms with Crippen LogP contribution in [-0.2, 0) is 4.74 Å². The van der Waals surface area contributed by atoms with Gasteiger partial charge in [0.2, 0.25) is 0 Å². The minimum atomic E-state index is -0.491. The van der Waals surface area contributed by atoms with Gasteiger partial charge in [-0.2, -0.15) is 0 Å². The number of benzene rings is 1. The Bertz CT molecular complexity index is 495. The molecule has 1 fully saturated rings. The first-order valence-electron chi connectivity index (χ1n) is 5.95. The molecule has 2 rings (SSSR count). The van der Waals surface area contributed by atoms with Gasteiger partial charge < -0.3 is 14.7 Å². The van der Waals surface area contributed by atoms with Crippen molar-refractivity contribution in [1.29, 1.82) is 0 Å². The molecular weight excluding hydrogens is 272 g/mol. The van der Waals surface area contributed by atoms with Crippen LogP contribution in [0.25, 0.3) is 0 Å². The molecule has 19 heavy (non-hydrogen) atoms. The average molecular weight is 287 g/mol. The van der Waals surface area contributed by atoms with Crippen LogP contribution in [0, 0.1) is 17.0 Å². The molecule has 1 N–H and O–H groups in total. The summed E-state index contributed by atoms with van der Waals surface area (Å²) in [6.45, 7) is 3.49. The zero-order valence-electron chi connectivity index (χ0n) is 10.5. The topological polar surface area (TPSA) is 75.8 Å². The average Bonchev–Trinajstić information content (AvgIpc) is 2.40. The molecule has 1 aliphatic heterocycles. The van der Waals surface area contributed by atoms with Crippen molar-refractivity contribution < 1.29 is 14.8 Å². The molecule has 0 saturated carbocycles. The Balaban J connectivity index is 2.30. The molecule has 0 radical (unpaired) electrons. The van der Waals surface area contributed by atoms with Crippen LogP contribution in [-0.4, -0.2) is 42.4 Å². The standard InChI is InChI=1S/C12H15ClN2O4/c1-8-4-12(15(17)18)10(13)5-11(8)14-2-3-19-9(6-14)7-16/h4-5,9,16H,2-3,6-7H2,1H3. The smallest absolute Gasteiger partial charge is 0.288 e. The minimum Gasteiger partial charge on any atom is -0.394 e. The van der Waals surface area contributed by atoms with Gasteiger partial charge in [0.25, 0.3) is 5.69 Å². The van der Waals surface area contributed by atoms with Gasteiger partial charge in [-0.15, -0.1) is 0 Å². The largest absolute Gasteiger partial charge is 0.394 e. The van der Waals surface area contributed by atoms with Crippen molar-refractivity contribution in [3.05, 3.63) is 32.8 Å². The lowest BCUT2D eigenvalue weighted by Crippen LogP contribution is -2.44. The predicted octanol–water partition coefficient (Wildman–Crippen LogP) is 1.75. The van der Waals surface area contributed by atoms with E-state index in [9.17, 15) is 10.1 Å². The molecule has 1 aromatic rings. The summed E-state index contributed by atoms with van der Waals surface area (Å²) in [4.78, 5) is 12.3. The number of nitrogens with zero attached hydrogens (tertiary/aromatic N) is 2. The zero-order chi connectivity index (χ0) is 14.0. The highest BCUT2D eigenvalue weighted by molar-refractivity contribution is 6.33. The number of aliphatic hydroxyl groups is 1. The summed E-state index contributed by atoms with van der Waals surface area (Å²) >= 11 is 5.94. The van der Waals surface area contributed by atoms with E-state index < -0.39 is 4.92 Å². The minimum absolute atomic E-state index is 0.0454. The van der Waals surface area contributed by atoms with Gasteiger partial charge in [0.1, 0.15) is 5.02 Å². The number of ether oxygens (including phenoxy) is 1. The van der Waals surface area contributed by atoms with Crippen molar-refractivity contribution in [3.8, 4) is 0 Å². The first-order valence-corrected chi connectivity index (χ1v) is 6.32. The number of hydrogen-bond donors (Lipinski definition) is 1. The van der Waals surface area contributed by atoms with E-state index >= 15 is 0 Å². The number of rotatable bonds is 3. The van der Waals surface area contributed by atoms with Crippen LogP contribution in [0.5, 0.6) is 0 Å². The van der Waals surface area contributed by atoms with Gasteiger partial charge in [-0.05, 0) is 18.6 Å². The molecule has 1 saturated heterocycles. The number of aryl methyl sites for hydroxylation is 1. The van der Waals surface area contributed by atoms with E-state index in [4.69, 9.17) is 21.4 Å². The maximum absolute atomic E-state index is 10.8. The molecule has 6 nitrogen and oxygen atoms in total. The molecule has 0 bridgehead atoms. The van der Waals surface area contributed by atoms with E-state index in [1.807, 2.05) is 11.8 Å². The molecule has 104 valence electrons. The van der Waals surface area contributed by atoms with E-state index in [0.717, 1.165) is 11.3 Å². The Labute approximate surface area is 115 Å². The van der Waals surface area contributed by atoms with E-state index in [0.29, 0.717) is 19.7 Å². The second-order valence-electron chi connectivity index (χ2n) is 4.47. The maximum Gasteiger partial charge on any atom is 0.288 e. The quantitative estimate of drug-likeness (QED) is 0.677. The summed E-state index contributed by atoms with van der Waals surface area (Å²) in [5.74, 6) is 0. The van der Waals surface area contributed by atoms with Crippen LogP contribution in [0.2, 0.25) is 5.02 Å². The van der Waals surface area contributed by atoms with E-state index in [1.54, 1.807) is 6.07 Å². The Hall–Kier alpha value is -1.37. The summed E-state index contributed by atoms with van der Waals surface area (Å²) < 4.78 is 5.38. The van der Waals surface area contributed by atoms with Crippen LogP contribution in [0.4, 0.5) is 11.4 Å². The normalized spacial score (nSPS) is 19.5. The first-order chi connectivity index (χ1) is 9.02. The number of morpholine rings is 1. The van der Waals surface area contributed by atoms with Gasteiger partial charge >= 0.3 is 0 Å². The number of nitro benzene ring substituents is 1. The molecule has 1 unspecified atom stereocenters. The molecule has 0 spiro atoms. The summed E-state index contributed by atoms with van der Waals surface area (Å²) in [6.07, 6.45) is -0.234. The van der Waals surface area contributed by atoms with Gasteiger partial charge in [-0.25, -0.2) is 0 Å². The maximum atomic E-state index is 10.8. The highest BCUT2D eigenvalue weighted by atomic mass is 35.5. The zero-order valence-corrected chi connectivity index (χ0v) is 11.3. The molecule has 1 atom stereocenters. The number of aliphatic hydroxyl groups excluding tert-OH is 1. The van der Waals surface area contributed by atoms with Crippen LogP contribution in [0.1, 0.15) is 5.56 Å². The molecule has 1 aliphatic rings. The lowest BCUT2D eigenvalue weighted by atomic mass is 10.1. The molecule has 1 heterocycles. The van der Waals surface area contributed by atoms with Crippen molar-refractivity contribution in [1.82, 2.24) is 0 Å². The van der Waals surface area contributed by atoms with Gasteiger partial charge in [-0.3, -0.25) is 10.1 Å². The summed E-state index contributed by atoms with van der Waals surface area (Å²) in [5, 5.41) is 20.1. The Morgan fingerprint density at radius 2 is 2.37 bits per heavy atom. The monoisotopic (exact) mass is 286 g/mol. The van der Waals surface area contributed by atoms with E-state index in [2.05, 4.69) is 0 Å². The fraction of sp³-hybridized carbons (Fsp3) is 0.500. The summed E-state index contributed by atoms with van der Waals surface area (Å²) in [5.41, 5.74) is 1.54. The van der Waals surface area contributed by atoms with Crippen LogP contribution in [0.3, 0.4) is 0 Å². The van der Waals surface area contributed by atoms with Crippen LogP contribution in [0.15, 0.2) is 12.1 Å². The Morgan fingerprint density at radius 3 is 3.00 bits per heavy atom. The molecule has 0 aromatic heterocycles. The highest BCUT2D eigenvalue weighted by Crippen LogP contribution is 2.33. The molecule has 7 heteroatoms. The Morgan fingerprint density at radius 1 is 1.63 bits per heavy atom. The SMILES string of the molecule is Cc1cc([N+](=O)[O-])c(Cl)cc1N1CCOC(CO)C1. The molecular formula is C12H15ClN2O4. The van der Waals surface area contributed by atoms with Gasteiger partial charge in [0, 0.05) is 24.8 Å². The van der Waals surface area contributed by atoms with Gasteiger partial charge in [0.15, 0.2) is 0 Å². The van der Waals surface area contributed by atoms with Gasteiger partial charge in [-0.1, -0.05) is 11.6 Å². The van der Waals surface area contributed by atoms with E-state index in [1.165, 1.54) is 6.07 Å². The number of anilines is 1. The van der Waals surface area contributed by atoms with Crippen molar-refractivity contribution >= 4 is 23.0 Å². The van der Waals surface area contributed by atoms with Crippen molar-refractivity contribution in [2.45, 2.75) is 13.0 Å². The van der Waals surface area contributed by atoms with Crippen molar-refractivity contribution in [2.24, 2.45) is 0 Å². The third-order valence-electron chi connectivity index (χ3n) is 3.15. The molecule has 1 aromatic carbocycles. The number of hydrogen-bond acceptors (Lipinski definition) is 5. The lowest BCUT2D eigenvalue weighted by molar-refractivity contribution is -0.384. The third-order valence-corrected chi connectivity index (χ3v) is 3.45. The lowest BCUT2D eigenvalue weighted by Gasteiger charge is -2.34. The van der Waals surface area contributed by atoms with Crippen LogP contribution >= 0.6 is 11.6 Å². The highest BCUT2D eigenvalue weighted by Gasteiger charge is 2.23. The van der Waals surface area contributed by atoms with Crippen molar-refractivity contribution in [3.63, 3.8) is 0 Å². The summed E-state index contributed by atoms with van der Waals surface area (Å²) in [6, 6.07) is 3.08. The Kier molecular flexibility index (Phi) is 4.24. The second-order valence-corrected chi connectivity index (χ2v) is 4.88. The number of halogens is 1. The van der Waals surface area contributed by atoms with Gasteiger partial charge in [0.05, 0.1) is 24.2 Å². The molecule has 0 amide bonds. The van der Waals surface area contributed by atoms with E-state index in [-0.39, 0.29) is 23.4 Å². The fourth-order valence-electron chi connectivity index (χ4n) is 2.18. The summed E-state index contributed by atoms with van der Waals surface area (Å²) in [7, 11) is 0. The van der Waals surface area contributed by atoms with Crippen LogP contribution < -0.4 is 4.90 Å².